The highest BCUT2D eigenvalue weighted by Gasteiger charge is 2.32. The van der Waals surface area contributed by atoms with Crippen LogP contribution >= 0.6 is 0 Å². The lowest BCUT2D eigenvalue weighted by molar-refractivity contribution is 0.102. The summed E-state index contributed by atoms with van der Waals surface area (Å²) in [5, 5.41) is 7.23. The molecule has 1 aromatic carbocycles. The first kappa shape index (κ1) is 20.1. The fourth-order valence-corrected chi connectivity index (χ4v) is 5.21. The molecule has 1 N–H and O–H groups in total. The Morgan fingerprint density at radius 3 is 2.60 bits per heavy atom. The van der Waals surface area contributed by atoms with Crippen molar-refractivity contribution in [1.82, 2.24) is 14.8 Å². The number of aryl methyl sites for hydroxylation is 1. The van der Waals surface area contributed by atoms with Crippen LogP contribution in [0.5, 0.6) is 5.75 Å². The Bertz CT molecular complexity index is 1190. The Kier molecular flexibility index (Phi) is 5.29. The number of sulfone groups is 1. The Morgan fingerprint density at radius 1 is 1.20 bits per heavy atom. The molecule has 3 heterocycles. The molecule has 9 heteroatoms. The number of aromatic nitrogens is 3. The molecule has 1 aliphatic rings. The molecule has 0 aliphatic carbocycles. The van der Waals surface area contributed by atoms with Crippen LogP contribution in [0, 0.1) is 6.92 Å². The van der Waals surface area contributed by atoms with Crippen molar-refractivity contribution in [3.05, 3.63) is 59.9 Å². The molecular weight excluding hydrogens is 404 g/mol. The van der Waals surface area contributed by atoms with Crippen LogP contribution in [0.1, 0.15) is 28.6 Å². The number of rotatable bonds is 5. The SMILES string of the molecule is COc1ccc(-c2cc(C(=O)Nc3cccc(C)n3)nn2C2CCS(=O)(=O)C2)cc1. The van der Waals surface area contributed by atoms with Crippen LogP contribution in [0.4, 0.5) is 5.82 Å². The molecule has 1 unspecified atom stereocenters. The minimum absolute atomic E-state index is 0.0122. The van der Waals surface area contributed by atoms with Crippen molar-refractivity contribution in [2.75, 3.05) is 23.9 Å². The van der Waals surface area contributed by atoms with Crippen LogP contribution in [0.2, 0.25) is 0 Å². The number of hydrogen-bond acceptors (Lipinski definition) is 6. The van der Waals surface area contributed by atoms with E-state index in [9.17, 15) is 13.2 Å². The number of benzene rings is 1. The lowest BCUT2D eigenvalue weighted by atomic mass is 10.1. The monoisotopic (exact) mass is 426 g/mol. The summed E-state index contributed by atoms with van der Waals surface area (Å²) in [4.78, 5) is 17.1. The molecule has 8 nitrogen and oxygen atoms in total. The number of nitrogens with zero attached hydrogens (tertiary/aromatic N) is 3. The van der Waals surface area contributed by atoms with Crippen LogP contribution in [-0.4, -0.2) is 47.7 Å². The standard InChI is InChI=1S/C21H22N4O4S/c1-14-4-3-5-20(22-14)23-21(26)18-12-19(15-6-8-17(29-2)9-7-15)25(24-18)16-10-11-30(27,28)13-16/h3-9,12,16H,10-11,13H2,1-2H3,(H,22,23,26). The van der Waals surface area contributed by atoms with Crippen LogP contribution in [0.3, 0.4) is 0 Å². The Morgan fingerprint density at radius 2 is 1.97 bits per heavy atom. The molecule has 156 valence electrons. The highest BCUT2D eigenvalue weighted by Crippen LogP contribution is 2.31. The fraction of sp³-hybridized carbons (Fsp3) is 0.286. The van der Waals surface area contributed by atoms with Gasteiger partial charge in [0.15, 0.2) is 15.5 Å². The number of nitrogens with one attached hydrogen (secondary N) is 1. The fourth-order valence-electron chi connectivity index (χ4n) is 3.52. The normalized spacial score (nSPS) is 17.6. The second-order valence-electron chi connectivity index (χ2n) is 7.26. The van der Waals surface area contributed by atoms with E-state index in [0.717, 1.165) is 11.3 Å². The summed E-state index contributed by atoms with van der Waals surface area (Å²) in [5.74, 6) is 0.871. The van der Waals surface area contributed by atoms with Crippen LogP contribution in [0.15, 0.2) is 48.5 Å². The number of methoxy groups -OCH3 is 1. The summed E-state index contributed by atoms with van der Waals surface area (Å²) in [6.07, 6.45) is 0.466. The Hall–Kier alpha value is -3.20. The van der Waals surface area contributed by atoms with Crippen LogP contribution in [0.25, 0.3) is 11.3 Å². The first-order valence-electron chi connectivity index (χ1n) is 9.54. The molecule has 4 rings (SSSR count). The van der Waals surface area contributed by atoms with Gasteiger partial charge in [-0.25, -0.2) is 13.4 Å². The summed E-state index contributed by atoms with van der Waals surface area (Å²) >= 11 is 0. The molecule has 30 heavy (non-hydrogen) atoms. The largest absolute Gasteiger partial charge is 0.497 e. The summed E-state index contributed by atoms with van der Waals surface area (Å²) in [7, 11) is -1.52. The van der Waals surface area contributed by atoms with Gasteiger partial charge >= 0.3 is 0 Å². The Balaban J connectivity index is 1.70. The lowest BCUT2D eigenvalue weighted by Gasteiger charge is -2.13. The quantitative estimate of drug-likeness (QED) is 0.673. The third-order valence-electron chi connectivity index (χ3n) is 5.04. The van der Waals surface area contributed by atoms with Gasteiger partial charge in [-0.1, -0.05) is 6.07 Å². The molecular formula is C21H22N4O4S. The first-order chi connectivity index (χ1) is 14.3. The van der Waals surface area contributed by atoms with E-state index in [1.807, 2.05) is 43.3 Å². The van der Waals surface area contributed by atoms with E-state index in [1.54, 1.807) is 23.9 Å². The summed E-state index contributed by atoms with van der Waals surface area (Å²) in [6.45, 7) is 1.84. The summed E-state index contributed by atoms with van der Waals surface area (Å²) in [5.41, 5.74) is 2.49. The van der Waals surface area contributed by atoms with Crippen molar-refractivity contribution in [3.8, 4) is 17.0 Å². The first-order valence-corrected chi connectivity index (χ1v) is 11.4. The minimum atomic E-state index is -3.11. The lowest BCUT2D eigenvalue weighted by Crippen LogP contribution is -2.17. The van der Waals surface area contributed by atoms with Crippen molar-refractivity contribution in [3.63, 3.8) is 0 Å². The maximum absolute atomic E-state index is 12.8. The predicted molar refractivity (Wildman–Crippen MR) is 113 cm³/mol. The number of carbonyl (C=O) groups is 1. The van der Waals surface area contributed by atoms with Gasteiger partial charge < -0.3 is 10.1 Å². The molecule has 2 aromatic heterocycles. The van der Waals surface area contributed by atoms with Crippen LogP contribution in [-0.2, 0) is 9.84 Å². The van der Waals surface area contributed by atoms with E-state index >= 15 is 0 Å². The van der Waals surface area contributed by atoms with Gasteiger partial charge in [-0.15, -0.1) is 0 Å². The average molecular weight is 426 g/mol. The molecule has 0 radical (unpaired) electrons. The van der Waals surface area contributed by atoms with Crippen LogP contribution < -0.4 is 10.1 Å². The highest BCUT2D eigenvalue weighted by atomic mass is 32.2. The number of amides is 1. The molecule has 0 bridgehead atoms. The van der Waals surface area contributed by atoms with Gasteiger partial charge in [0, 0.05) is 11.3 Å². The number of hydrogen-bond donors (Lipinski definition) is 1. The molecule has 1 amide bonds. The number of carbonyl (C=O) groups excluding carboxylic acids is 1. The van der Waals surface area contributed by atoms with Gasteiger partial charge in [-0.05, 0) is 55.8 Å². The topological polar surface area (TPSA) is 103 Å². The van der Waals surface area contributed by atoms with Gasteiger partial charge in [0.1, 0.15) is 11.6 Å². The third kappa shape index (κ3) is 4.20. The molecule has 1 aliphatic heterocycles. The van der Waals surface area contributed by atoms with Gasteiger partial charge in [0.05, 0.1) is 30.4 Å². The molecule has 1 saturated heterocycles. The smallest absolute Gasteiger partial charge is 0.277 e. The predicted octanol–water partition coefficient (Wildman–Crippen LogP) is 2.87. The van der Waals surface area contributed by atoms with Gasteiger partial charge in [-0.3, -0.25) is 9.48 Å². The van der Waals surface area contributed by atoms with E-state index in [0.29, 0.717) is 23.7 Å². The van der Waals surface area contributed by atoms with Gasteiger partial charge in [-0.2, -0.15) is 5.10 Å². The maximum Gasteiger partial charge on any atom is 0.277 e. The zero-order valence-corrected chi connectivity index (χ0v) is 17.5. The van der Waals surface area contributed by atoms with E-state index in [1.165, 1.54) is 0 Å². The average Bonchev–Trinajstić information content (AvgIpc) is 3.31. The van der Waals surface area contributed by atoms with Crippen molar-refractivity contribution < 1.29 is 17.9 Å². The minimum Gasteiger partial charge on any atom is -0.497 e. The molecule has 0 spiro atoms. The van der Waals surface area contributed by atoms with Gasteiger partial charge in [0.2, 0.25) is 0 Å². The Labute approximate surface area is 174 Å². The summed E-state index contributed by atoms with van der Waals surface area (Å²) in [6, 6.07) is 14.1. The zero-order chi connectivity index (χ0) is 21.3. The highest BCUT2D eigenvalue weighted by molar-refractivity contribution is 7.91. The number of pyridine rings is 1. The van der Waals surface area contributed by atoms with E-state index < -0.39 is 15.7 Å². The van der Waals surface area contributed by atoms with Gasteiger partial charge in [0.25, 0.3) is 5.91 Å². The number of ether oxygens (including phenoxy) is 1. The van der Waals surface area contributed by atoms with Crippen molar-refractivity contribution in [1.29, 1.82) is 0 Å². The van der Waals surface area contributed by atoms with Crippen molar-refractivity contribution in [2.45, 2.75) is 19.4 Å². The van der Waals surface area contributed by atoms with Crippen molar-refractivity contribution in [2.24, 2.45) is 0 Å². The third-order valence-corrected chi connectivity index (χ3v) is 6.79. The summed E-state index contributed by atoms with van der Waals surface area (Å²) < 4.78 is 30.9. The molecule has 1 fully saturated rings. The zero-order valence-electron chi connectivity index (χ0n) is 16.7. The maximum atomic E-state index is 12.8. The van der Waals surface area contributed by atoms with E-state index in [2.05, 4.69) is 15.4 Å². The molecule has 1 atom stereocenters. The second-order valence-corrected chi connectivity index (χ2v) is 9.49. The van der Waals surface area contributed by atoms with E-state index in [4.69, 9.17) is 4.74 Å². The molecule has 3 aromatic rings. The number of anilines is 1. The van der Waals surface area contributed by atoms with E-state index in [-0.39, 0.29) is 23.2 Å². The van der Waals surface area contributed by atoms with Crippen molar-refractivity contribution >= 4 is 21.6 Å². The molecule has 0 saturated carbocycles. The second kappa shape index (κ2) is 7.91.